The van der Waals surface area contributed by atoms with E-state index in [9.17, 15) is 13.2 Å². The molecule has 1 amide bonds. The monoisotopic (exact) mass is 408 g/mol. The van der Waals surface area contributed by atoms with Crippen molar-refractivity contribution >= 4 is 26.7 Å². The highest BCUT2D eigenvalue weighted by molar-refractivity contribution is 7.89. The van der Waals surface area contributed by atoms with Crippen LogP contribution in [0.4, 0.5) is 0 Å². The number of hydrogen-bond donors (Lipinski definition) is 1. The molecule has 4 rings (SSSR count). The molecule has 0 bridgehead atoms. The van der Waals surface area contributed by atoms with Crippen molar-refractivity contribution in [2.45, 2.75) is 24.3 Å². The van der Waals surface area contributed by atoms with Crippen molar-refractivity contribution < 1.29 is 13.2 Å². The van der Waals surface area contributed by atoms with Gasteiger partial charge in [-0.3, -0.25) is 4.79 Å². The molecule has 29 heavy (non-hydrogen) atoms. The number of sulfonamides is 1. The molecule has 1 unspecified atom stereocenters. The molecule has 1 atom stereocenters. The summed E-state index contributed by atoms with van der Waals surface area (Å²) in [4.78, 5) is 13.0. The Kier molecular flexibility index (Phi) is 5.65. The second-order valence-electron chi connectivity index (χ2n) is 7.41. The molecule has 0 aliphatic carbocycles. The third kappa shape index (κ3) is 4.33. The third-order valence-corrected chi connectivity index (χ3v) is 7.30. The van der Waals surface area contributed by atoms with E-state index in [4.69, 9.17) is 0 Å². The van der Waals surface area contributed by atoms with Crippen LogP contribution in [-0.2, 0) is 21.4 Å². The molecular formula is C23H24N2O3S. The molecule has 1 heterocycles. The lowest BCUT2D eigenvalue weighted by molar-refractivity contribution is -0.126. The number of piperidine rings is 1. The lowest BCUT2D eigenvalue weighted by Crippen LogP contribution is -2.45. The van der Waals surface area contributed by atoms with Crippen LogP contribution < -0.4 is 5.32 Å². The molecule has 0 saturated carbocycles. The smallest absolute Gasteiger partial charge is 0.243 e. The number of carbonyl (C=O) groups is 1. The van der Waals surface area contributed by atoms with Crippen molar-refractivity contribution in [1.82, 2.24) is 9.62 Å². The first-order valence-corrected chi connectivity index (χ1v) is 11.3. The van der Waals surface area contributed by atoms with E-state index in [1.165, 1.54) is 4.31 Å². The van der Waals surface area contributed by atoms with Crippen molar-refractivity contribution in [2.24, 2.45) is 5.92 Å². The van der Waals surface area contributed by atoms with Crippen molar-refractivity contribution in [3.05, 3.63) is 78.4 Å². The second kappa shape index (κ2) is 8.35. The summed E-state index contributed by atoms with van der Waals surface area (Å²) < 4.78 is 27.1. The van der Waals surface area contributed by atoms with Gasteiger partial charge in [0.15, 0.2) is 0 Å². The molecule has 5 nitrogen and oxygen atoms in total. The molecular weight excluding hydrogens is 384 g/mol. The highest BCUT2D eigenvalue weighted by Crippen LogP contribution is 2.24. The summed E-state index contributed by atoms with van der Waals surface area (Å²) >= 11 is 0. The van der Waals surface area contributed by atoms with E-state index in [0.717, 1.165) is 16.3 Å². The number of carbonyl (C=O) groups excluding carboxylic acids is 1. The Morgan fingerprint density at radius 2 is 1.69 bits per heavy atom. The molecule has 1 saturated heterocycles. The summed E-state index contributed by atoms with van der Waals surface area (Å²) in [5.41, 5.74) is 1.03. The largest absolute Gasteiger partial charge is 0.352 e. The molecule has 1 aliphatic rings. The normalized spacial score (nSPS) is 17.9. The molecule has 1 aliphatic heterocycles. The maximum atomic E-state index is 12.9. The summed E-state index contributed by atoms with van der Waals surface area (Å²) in [6, 6.07) is 22.6. The lowest BCUT2D eigenvalue weighted by Gasteiger charge is -2.31. The topological polar surface area (TPSA) is 66.5 Å². The van der Waals surface area contributed by atoms with Crippen LogP contribution >= 0.6 is 0 Å². The molecule has 150 valence electrons. The predicted octanol–water partition coefficient (Wildman–Crippen LogP) is 3.56. The van der Waals surface area contributed by atoms with E-state index in [0.29, 0.717) is 25.9 Å². The van der Waals surface area contributed by atoms with Crippen LogP contribution in [0.1, 0.15) is 18.4 Å². The quantitative estimate of drug-likeness (QED) is 0.702. The van der Waals surface area contributed by atoms with Crippen molar-refractivity contribution in [3.8, 4) is 0 Å². The molecule has 1 fully saturated rings. The average molecular weight is 409 g/mol. The molecule has 1 N–H and O–H groups in total. The molecule has 0 spiro atoms. The van der Waals surface area contributed by atoms with Gasteiger partial charge < -0.3 is 5.32 Å². The first-order valence-electron chi connectivity index (χ1n) is 9.84. The molecule has 3 aromatic carbocycles. The molecule has 0 radical (unpaired) electrons. The van der Waals surface area contributed by atoms with E-state index in [-0.39, 0.29) is 23.3 Å². The summed E-state index contributed by atoms with van der Waals surface area (Å²) in [7, 11) is -3.57. The lowest BCUT2D eigenvalue weighted by atomic mass is 9.98. The third-order valence-electron chi connectivity index (χ3n) is 5.42. The zero-order valence-corrected chi connectivity index (χ0v) is 16.9. The van der Waals surface area contributed by atoms with Crippen LogP contribution in [0.3, 0.4) is 0 Å². The molecule has 0 aromatic heterocycles. The van der Waals surface area contributed by atoms with Crippen LogP contribution in [0.2, 0.25) is 0 Å². The van der Waals surface area contributed by atoms with E-state index in [2.05, 4.69) is 17.4 Å². The van der Waals surface area contributed by atoms with Crippen LogP contribution in [0.5, 0.6) is 0 Å². The Morgan fingerprint density at radius 3 is 2.48 bits per heavy atom. The minimum absolute atomic E-state index is 0.0916. The fraction of sp³-hybridized carbons (Fsp3) is 0.261. The summed E-state index contributed by atoms with van der Waals surface area (Å²) in [6.45, 7) is 1.11. The molecule has 3 aromatic rings. The van der Waals surface area contributed by atoms with Crippen molar-refractivity contribution in [2.75, 3.05) is 13.1 Å². The van der Waals surface area contributed by atoms with E-state index in [1.807, 2.05) is 30.3 Å². The van der Waals surface area contributed by atoms with Gasteiger partial charge in [-0.1, -0.05) is 54.6 Å². The Balaban J connectivity index is 1.40. The maximum Gasteiger partial charge on any atom is 0.243 e. The van der Waals surface area contributed by atoms with Crippen LogP contribution in [-0.4, -0.2) is 31.7 Å². The van der Waals surface area contributed by atoms with E-state index >= 15 is 0 Å². The number of rotatable bonds is 5. The van der Waals surface area contributed by atoms with Gasteiger partial charge in [0, 0.05) is 19.6 Å². The zero-order chi connectivity index (χ0) is 20.3. The number of nitrogens with one attached hydrogen (secondary N) is 1. The minimum atomic E-state index is -3.57. The van der Waals surface area contributed by atoms with Gasteiger partial charge in [-0.2, -0.15) is 4.31 Å². The Hall–Kier alpha value is -2.70. The minimum Gasteiger partial charge on any atom is -0.352 e. The summed E-state index contributed by atoms with van der Waals surface area (Å²) in [5.74, 6) is -0.422. The zero-order valence-electron chi connectivity index (χ0n) is 16.1. The number of fused-ring (bicyclic) bond motifs is 1. The number of nitrogens with zero attached hydrogens (tertiary/aromatic N) is 1. The maximum absolute atomic E-state index is 12.9. The van der Waals surface area contributed by atoms with Gasteiger partial charge in [-0.25, -0.2) is 8.42 Å². The van der Waals surface area contributed by atoms with Gasteiger partial charge >= 0.3 is 0 Å². The predicted molar refractivity (Wildman–Crippen MR) is 114 cm³/mol. The average Bonchev–Trinajstić information content (AvgIpc) is 2.78. The van der Waals surface area contributed by atoms with E-state index < -0.39 is 10.0 Å². The summed E-state index contributed by atoms with van der Waals surface area (Å²) in [6.07, 6.45) is 1.38. The van der Waals surface area contributed by atoms with Crippen LogP contribution in [0, 0.1) is 5.92 Å². The molecule has 6 heteroatoms. The number of hydrogen-bond acceptors (Lipinski definition) is 3. The second-order valence-corrected chi connectivity index (χ2v) is 9.35. The van der Waals surface area contributed by atoms with Gasteiger partial charge in [-0.15, -0.1) is 0 Å². The van der Waals surface area contributed by atoms with Gasteiger partial charge in [0.05, 0.1) is 10.8 Å². The first-order chi connectivity index (χ1) is 14.0. The van der Waals surface area contributed by atoms with Crippen molar-refractivity contribution in [3.63, 3.8) is 0 Å². The van der Waals surface area contributed by atoms with Crippen LogP contribution in [0.25, 0.3) is 10.8 Å². The fourth-order valence-electron chi connectivity index (χ4n) is 3.80. The van der Waals surface area contributed by atoms with E-state index in [1.54, 1.807) is 30.3 Å². The van der Waals surface area contributed by atoms with Gasteiger partial charge in [0.25, 0.3) is 0 Å². The van der Waals surface area contributed by atoms with Gasteiger partial charge in [0.1, 0.15) is 0 Å². The Labute approximate surface area is 171 Å². The van der Waals surface area contributed by atoms with Crippen molar-refractivity contribution in [1.29, 1.82) is 0 Å². The SMILES string of the molecule is O=C(NCc1ccc2ccccc2c1)C1CCCN(S(=O)(=O)c2ccccc2)C1. The fourth-order valence-corrected chi connectivity index (χ4v) is 5.34. The standard InChI is InChI=1S/C23H24N2O3S/c26-23(24-16-18-12-13-19-7-4-5-8-20(19)15-18)21-9-6-14-25(17-21)29(27,28)22-10-2-1-3-11-22/h1-5,7-8,10-13,15,21H,6,9,14,16-17H2,(H,24,26). The Morgan fingerprint density at radius 1 is 0.966 bits per heavy atom. The first kappa shape index (κ1) is 19.6. The highest BCUT2D eigenvalue weighted by Gasteiger charge is 2.33. The number of amides is 1. The van der Waals surface area contributed by atoms with Gasteiger partial charge in [0.2, 0.25) is 15.9 Å². The Bertz CT molecular complexity index is 1110. The van der Waals surface area contributed by atoms with Crippen LogP contribution in [0.15, 0.2) is 77.7 Å². The number of benzene rings is 3. The van der Waals surface area contributed by atoms with Gasteiger partial charge in [-0.05, 0) is 47.4 Å². The highest BCUT2D eigenvalue weighted by atomic mass is 32.2. The summed E-state index contributed by atoms with van der Waals surface area (Å²) in [5, 5.41) is 5.28.